The van der Waals surface area contributed by atoms with E-state index in [0.29, 0.717) is 17.4 Å². The van der Waals surface area contributed by atoms with Crippen LogP contribution in [0.25, 0.3) is 0 Å². The zero-order valence-electron chi connectivity index (χ0n) is 7.27. The van der Waals surface area contributed by atoms with E-state index in [9.17, 15) is 0 Å². The van der Waals surface area contributed by atoms with Gasteiger partial charge in [0.05, 0.1) is 5.02 Å². The largest absolute Gasteiger partial charge is 0.365 e. The summed E-state index contributed by atoms with van der Waals surface area (Å²) in [5.41, 5.74) is 1.04. The van der Waals surface area contributed by atoms with Gasteiger partial charge in [-0.3, -0.25) is 0 Å². The smallest absolute Gasteiger partial charge is 0.145 e. The molecule has 0 aliphatic carbocycles. The molecule has 0 fully saturated rings. The summed E-state index contributed by atoms with van der Waals surface area (Å²) < 4.78 is 0.873. The number of anilines is 1. The highest BCUT2D eigenvalue weighted by Gasteiger charge is 2.00. The van der Waals surface area contributed by atoms with Crippen LogP contribution in [0.2, 0.25) is 5.02 Å². The topological polar surface area (TPSA) is 24.9 Å². The summed E-state index contributed by atoms with van der Waals surface area (Å²) in [5.74, 6) is 0.688. The molecular weight excluding hydrogens is 251 g/mol. The van der Waals surface area contributed by atoms with Crippen LogP contribution in [0.3, 0.4) is 0 Å². The summed E-state index contributed by atoms with van der Waals surface area (Å²) in [7, 11) is 0. The summed E-state index contributed by atoms with van der Waals surface area (Å²) in [6.07, 6.45) is 1.70. The van der Waals surface area contributed by atoms with E-state index in [0.717, 1.165) is 10.0 Å². The van der Waals surface area contributed by atoms with Crippen molar-refractivity contribution >= 4 is 33.3 Å². The van der Waals surface area contributed by atoms with Crippen molar-refractivity contribution < 1.29 is 0 Å². The minimum absolute atomic E-state index is 0.607. The van der Waals surface area contributed by atoms with Crippen LogP contribution in [0.4, 0.5) is 5.82 Å². The van der Waals surface area contributed by atoms with Gasteiger partial charge < -0.3 is 5.32 Å². The summed E-state index contributed by atoms with van der Waals surface area (Å²) in [5, 5.41) is 3.68. The van der Waals surface area contributed by atoms with E-state index in [1.807, 2.05) is 6.92 Å². The monoisotopic (exact) mass is 260 g/mol. The minimum atomic E-state index is 0.607. The average Bonchev–Trinajstić information content (AvgIpc) is 2.02. The van der Waals surface area contributed by atoms with Crippen LogP contribution in [-0.2, 0) is 0 Å². The first kappa shape index (κ1) is 10.5. The van der Waals surface area contributed by atoms with Gasteiger partial charge in [-0.05, 0) is 28.9 Å². The lowest BCUT2D eigenvalue weighted by molar-refractivity contribution is 1.16. The van der Waals surface area contributed by atoms with E-state index in [1.165, 1.54) is 0 Å². The maximum absolute atomic E-state index is 5.93. The fraction of sp³-hybridized carbons (Fsp3) is 0.222. The predicted octanol–water partition coefficient (Wildman–Crippen LogP) is 3.49. The summed E-state index contributed by atoms with van der Waals surface area (Å²) in [6.45, 7) is 6.41. The molecule has 1 aromatic rings. The lowest BCUT2D eigenvalue weighted by Gasteiger charge is -2.06. The van der Waals surface area contributed by atoms with Gasteiger partial charge in [0.2, 0.25) is 0 Å². The Hall–Kier alpha value is -0.540. The molecule has 0 bridgehead atoms. The fourth-order valence-corrected chi connectivity index (χ4v) is 1.48. The average molecular weight is 262 g/mol. The van der Waals surface area contributed by atoms with Gasteiger partial charge in [-0.2, -0.15) is 0 Å². The molecule has 1 heterocycles. The van der Waals surface area contributed by atoms with Crippen LogP contribution in [-0.4, -0.2) is 11.5 Å². The second kappa shape index (κ2) is 4.63. The molecule has 13 heavy (non-hydrogen) atoms. The highest BCUT2D eigenvalue weighted by Crippen LogP contribution is 2.22. The summed E-state index contributed by atoms with van der Waals surface area (Å²) in [4.78, 5) is 4.12. The molecule has 2 nitrogen and oxygen atoms in total. The lowest BCUT2D eigenvalue weighted by Crippen LogP contribution is -2.03. The van der Waals surface area contributed by atoms with Crippen LogP contribution >= 0.6 is 27.5 Å². The number of nitrogens with zero attached hydrogens (tertiary/aromatic N) is 1. The van der Waals surface area contributed by atoms with Crippen molar-refractivity contribution in [3.8, 4) is 0 Å². The van der Waals surface area contributed by atoms with E-state index in [4.69, 9.17) is 11.6 Å². The predicted molar refractivity (Wildman–Crippen MR) is 60.3 cm³/mol. The molecule has 0 radical (unpaired) electrons. The Balaban J connectivity index is 2.72. The SMILES string of the molecule is C=C(C)CNc1ncc(Br)cc1Cl. The fourth-order valence-electron chi connectivity index (χ4n) is 0.779. The molecule has 4 heteroatoms. The van der Waals surface area contributed by atoms with Gasteiger partial charge in [0.25, 0.3) is 0 Å². The van der Waals surface area contributed by atoms with E-state index in [2.05, 4.69) is 32.8 Å². The zero-order valence-corrected chi connectivity index (χ0v) is 9.61. The molecule has 0 spiro atoms. The normalized spacial score (nSPS) is 9.77. The number of aromatic nitrogens is 1. The summed E-state index contributed by atoms with van der Waals surface area (Å²) in [6, 6.07) is 1.80. The van der Waals surface area contributed by atoms with Gasteiger partial charge in [-0.1, -0.05) is 23.8 Å². The Bertz CT molecular complexity index is 325. The number of halogens is 2. The highest BCUT2D eigenvalue weighted by molar-refractivity contribution is 9.10. The molecule has 1 N–H and O–H groups in total. The van der Waals surface area contributed by atoms with E-state index in [-0.39, 0.29) is 0 Å². The van der Waals surface area contributed by atoms with Crippen LogP contribution < -0.4 is 5.32 Å². The molecule has 1 rings (SSSR count). The second-order valence-electron chi connectivity index (χ2n) is 2.79. The maximum atomic E-state index is 5.93. The number of nitrogens with one attached hydrogen (secondary N) is 1. The molecule has 0 aliphatic heterocycles. The molecule has 0 aliphatic rings. The van der Waals surface area contributed by atoms with Gasteiger partial charge in [-0.15, -0.1) is 0 Å². The number of hydrogen-bond acceptors (Lipinski definition) is 2. The minimum Gasteiger partial charge on any atom is -0.365 e. The van der Waals surface area contributed by atoms with Gasteiger partial charge in [0.15, 0.2) is 0 Å². The molecule has 1 aromatic heterocycles. The van der Waals surface area contributed by atoms with Crippen molar-refractivity contribution in [2.75, 3.05) is 11.9 Å². The van der Waals surface area contributed by atoms with Gasteiger partial charge in [-0.25, -0.2) is 4.98 Å². The number of rotatable bonds is 3. The van der Waals surface area contributed by atoms with E-state index < -0.39 is 0 Å². The first-order chi connectivity index (χ1) is 6.09. The van der Waals surface area contributed by atoms with Crippen molar-refractivity contribution in [2.45, 2.75) is 6.92 Å². The number of pyridine rings is 1. The van der Waals surface area contributed by atoms with Crippen molar-refractivity contribution in [1.82, 2.24) is 4.98 Å². The Kier molecular flexibility index (Phi) is 3.75. The molecule has 0 unspecified atom stereocenters. The molecule has 0 atom stereocenters. The third-order valence-corrected chi connectivity index (χ3v) is 2.09. The highest BCUT2D eigenvalue weighted by atomic mass is 79.9. The van der Waals surface area contributed by atoms with E-state index >= 15 is 0 Å². The Morgan fingerprint density at radius 3 is 3.00 bits per heavy atom. The van der Waals surface area contributed by atoms with Gasteiger partial charge in [0.1, 0.15) is 5.82 Å². The van der Waals surface area contributed by atoms with Crippen molar-refractivity contribution in [1.29, 1.82) is 0 Å². The molecule has 0 aromatic carbocycles. The Labute approximate surface area is 91.1 Å². The number of hydrogen-bond donors (Lipinski definition) is 1. The molecule has 70 valence electrons. The molecule has 0 amide bonds. The zero-order chi connectivity index (χ0) is 9.84. The summed E-state index contributed by atoms with van der Waals surface area (Å²) >= 11 is 9.21. The standard InChI is InChI=1S/C9H10BrClN2/c1-6(2)4-12-9-8(11)3-7(10)5-13-9/h3,5H,1,4H2,2H3,(H,12,13). The lowest BCUT2D eigenvalue weighted by atomic mass is 10.3. The first-order valence-corrected chi connectivity index (χ1v) is 4.96. The van der Waals surface area contributed by atoms with E-state index in [1.54, 1.807) is 12.3 Å². The molecular formula is C9H10BrClN2. The van der Waals surface area contributed by atoms with Crippen LogP contribution in [0.5, 0.6) is 0 Å². The quantitative estimate of drug-likeness (QED) is 0.843. The van der Waals surface area contributed by atoms with Crippen molar-refractivity contribution in [3.63, 3.8) is 0 Å². The Morgan fingerprint density at radius 1 is 1.77 bits per heavy atom. The van der Waals surface area contributed by atoms with Crippen molar-refractivity contribution in [3.05, 3.63) is 33.9 Å². The van der Waals surface area contributed by atoms with Crippen LogP contribution in [0.1, 0.15) is 6.92 Å². The van der Waals surface area contributed by atoms with Crippen molar-refractivity contribution in [2.24, 2.45) is 0 Å². The third-order valence-electron chi connectivity index (χ3n) is 1.37. The molecule has 0 saturated carbocycles. The third kappa shape index (κ3) is 3.36. The second-order valence-corrected chi connectivity index (χ2v) is 4.12. The molecule has 0 saturated heterocycles. The first-order valence-electron chi connectivity index (χ1n) is 3.79. The van der Waals surface area contributed by atoms with Crippen LogP contribution in [0.15, 0.2) is 28.9 Å². The van der Waals surface area contributed by atoms with Gasteiger partial charge in [0, 0.05) is 17.2 Å². The van der Waals surface area contributed by atoms with Crippen LogP contribution in [0, 0.1) is 0 Å². The van der Waals surface area contributed by atoms with Gasteiger partial charge >= 0.3 is 0 Å². The Morgan fingerprint density at radius 2 is 2.46 bits per heavy atom. The maximum Gasteiger partial charge on any atom is 0.145 e.